The van der Waals surface area contributed by atoms with Crippen LogP contribution in [0.3, 0.4) is 0 Å². The molecule has 0 radical (unpaired) electrons. The van der Waals surface area contributed by atoms with Gasteiger partial charge in [-0.3, -0.25) is 9.89 Å². The van der Waals surface area contributed by atoms with Crippen LogP contribution in [0.15, 0.2) is 67.3 Å². The second-order valence-corrected chi connectivity index (χ2v) is 8.38. The number of aryl methyl sites for hydroxylation is 3. The molecule has 162 valence electrons. The SMILES string of the molecule is CCc1ccc(C2c3c(-c4ccc(C)cc4)n[nH]c3C(=O)N2CCCn2ccnc2)cc1. The van der Waals surface area contributed by atoms with E-state index in [0.29, 0.717) is 12.2 Å². The first-order valence-electron chi connectivity index (χ1n) is 11.2. The van der Waals surface area contributed by atoms with Crippen molar-refractivity contribution in [2.45, 2.75) is 39.3 Å². The molecule has 0 saturated heterocycles. The second kappa shape index (κ2) is 8.46. The number of carbonyl (C=O) groups excluding carboxylic acids is 1. The monoisotopic (exact) mass is 425 g/mol. The number of benzene rings is 2. The van der Waals surface area contributed by atoms with Gasteiger partial charge in [-0.15, -0.1) is 0 Å². The van der Waals surface area contributed by atoms with Crippen LogP contribution < -0.4 is 0 Å². The third-order valence-electron chi connectivity index (χ3n) is 6.27. The number of aromatic nitrogens is 4. The lowest BCUT2D eigenvalue weighted by molar-refractivity contribution is 0.0739. The van der Waals surface area contributed by atoms with Crippen LogP contribution >= 0.6 is 0 Å². The van der Waals surface area contributed by atoms with Gasteiger partial charge in [0, 0.05) is 36.6 Å². The maximum absolute atomic E-state index is 13.4. The molecule has 1 N–H and O–H groups in total. The van der Waals surface area contributed by atoms with Gasteiger partial charge in [-0.1, -0.05) is 61.0 Å². The standard InChI is InChI=1S/C26H27N5O/c1-3-19-7-11-21(12-8-19)25-22-23(20-9-5-18(2)6-10-20)28-29-24(22)26(32)31(25)15-4-14-30-16-13-27-17-30/h5-13,16-17,25H,3-4,14-15H2,1-2H3,(H,28,29). The van der Waals surface area contributed by atoms with Gasteiger partial charge in [0.15, 0.2) is 0 Å². The average Bonchev–Trinajstić information content (AvgIpc) is 3.54. The van der Waals surface area contributed by atoms with E-state index in [2.05, 4.69) is 77.6 Å². The molecule has 1 aliphatic heterocycles. The Balaban J connectivity index is 1.52. The average molecular weight is 426 g/mol. The van der Waals surface area contributed by atoms with Gasteiger partial charge in [-0.25, -0.2) is 4.98 Å². The van der Waals surface area contributed by atoms with Crippen molar-refractivity contribution in [2.75, 3.05) is 6.54 Å². The maximum atomic E-state index is 13.4. The quantitative estimate of drug-likeness (QED) is 0.463. The maximum Gasteiger partial charge on any atom is 0.273 e. The summed E-state index contributed by atoms with van der Waals surface area (Å²) in [7, 11) is 0. The highest BCUT2D eigenvalue weighted by atomic mass is 16.2. The summed E-state index contributed by atoms with van der Waals surface area (Å²) in [6, 6.07) is 16.8. The Hall–Kier alpha value is -3.67. The van der Waals surface area contributed by atoms with Gasteiger partial charge in [0.2, 0.25) is 0 Å². The summed E-state index contributed by atoms with van der Waals surface area (Å²) in [6.07, 6.45) is 7.39. The first-order valence-corrected chi connectivity index (χ1v) is 11.2. The van der Waals surface area contributed by atoms with Crippen molar-refractivity contribution in [3.63, 3.8) is 0 Å². The molecule has 6 nitrogen and oxygen atoms in total. The summed E-state index contributed by atoms with van der Waals surface area (Å²) >= 11 is 0. The Bertz CT molecular complexity index is 1210. The number of hydrogen-bond donors (Lipinski definition) is 1. The van der Waals surface area contributed by atoms with Crippen molar-refractivity contribution >= 4 is 5.91 Å². The van der Waals surface area contributed by atoms with E-state index in [9.17, 15) is 4.79 Å². The molecule has 0 fully saturated rings. The predicted molar refractivity (Wildman–Crippen MR) is 124 cm³/mol. The van der Waals surface area contributed by atoms with Gasteiger partial charge in [-0.05, 0) is 30.9 Å². The first-order chi connectivity index (χ1) is 15.7. The molecule has 6 heteroatoms. The number of H-pyrrole nitrogens is 1. The number of imidazole rings is 1. The summed E-state index contributed by atoms with van der Waals surface area (Å²) < 4.78 is 2.05. The Labute approximate surface area is 187 Å². The molecule has 1 unspecified atom stereocenters. The molecule has 0 bridgehead atoms. The lowest BCUT2D eigenvalue weighted by Crippen LogP contribution is -2.31. The van der Waals surface area contributed by atoms with E-state index in [-0.39, 0.29) is 11.9 Å². The van der Waals surface area contributed by atoms with Gasteiger partial charge in [-0.2, -0.15) is 5.10 Å². The van der Waals surface area contributed by atoms with E-state index >= 15 is 0 Å². The number of carbonyl (C=O) groups is 1. The van der Waals surface area contributed by atoms with Gasteiger partial charge < -0.3 is 9.47 Å². The molecule has 0 aliphatic carbocycles. The number of hydrogen-bond acceptors (Lipinski definition) is 3. The van der Waals surface area contributed by atoms with Crippen molar-refractivity contribution in [2.24, 2.45) is 0 Å². The highest BCUT2D eigenvalue weighted by molar-refractivity contribution is 6.00. The number of rotatable bonds is 7. The molecular weight excluding hydrogens is 398 g/mol. The number of fused-ring (bicyclic) bond motifs is 1. The lowest BCUT2D eigenvalue weighted by Gasteiger charge is -2.26. The summed E-state index contributed by atoms with van der Waals surface area (Å²) in [4.78, 5) is 19.5. The smallest absolute Gasteiger partial charge is 0.273 e. The molecule has 3 heterocycles. The molecule has 32 heavy (non-hydrogen) atoms. The fourth-order valence-corrected chi connectivity index (χ4v) is 4.48. The zero-order chi connectivity index (χ0) is 22.1. The van der Waals surface area contributed by atoms with Crippen LogP contribution in [-0.4, -0.2) is 37.1 Å². The van der Waals surface area contributed by atoms with Gasteiger partial charge in [0.1, 0.15) is 5.69 Å². The van der Waals surface area contributed by atoms with Gasteiger partial charge >= 0.3 is 0 Å². The molecule has 2 aromatic carbocycles. The molecule has 0 saturated carbocycles. The Morgan fingerprint density at radius 2 is 1.81 bits per heavy atom. The van der Waals surface area contributed by atoms with Crippen LogP contribution in [0.1, 0.15) is 52.1 Å². The normalized spacial score (nSPS) is 15.4. The lowest BCUT2D eigenvalue weighted by atomic mass is 9.95. The van der Waals surface area contributed by atoms with Crippen LogP contribution in [0, 0.1) is 6.92 Å². The second-order valence-electron chi connectivity index (χ2n) is 8.38. The van der Waals surface area contributed by atoms with Crippen molar-refractivity contribution in [3.8, 4) is 11.3 Å². The van der Waals surface area contributed by atoms with Crippen LogP contribution in [0.25, 0.3) is 11.3 Å². The predicted octanol–water partition coefficient (Wildman–Crippen LogP) is 4.78. The Kier molecular flexibility index (Phi) is 5.35. The zero-order valence-electron chi connectivity index (χ0n) is 18.5. The van der Waals surface area contributed by atoms with E-state index in [1.165, 1.54) is 11.1 Å². The van der Waals surface area contributed by atoms with Crippen LogP contribution in [-0.2, 0) is 13.0 Å². The summed E-state index contributed by atoms with van der Waals surface area (Å²) in [5.41, 5.74) is 7.07. The minimum atomic E-state index is -0.152. The highest BCUT2D eigenvalue weighted by Gasteiger charge is 2.41. The van der Waals surface area contributed by atoms with Crippen molar-refractivity contribution in [1.82, 2.24) is 24.6 Å². The van der Waals surface area contributed by atoms with Crippen LogP contribution in [0.4, 0.5) is 0 Å². The molecule has 1 aliphatic rings. The number of aromatic amines is 1. The molecule has 4 aromatic rings. The number of amides is 1. The van der Waals surface area contributed by atoms with Crippen LogP contribution in [0.2, 0.25) is 0 Å². The summed E-state index contributed by atoms with van der Waals surface area (Å²) in [5, 5.41) is 7.62. The molecule has 0 spiro atoms. The zero-order valence-corrected chi connectivity index (χ0v) is 18.5. The third-order valence-corrected chi connectivity index (χ3v) is 6.27. The van der Waals surface area contributed by atoms with Gasteiger partial charge in [0.25, 0.3) is 5.91 Å². The number of nitrogens with zero attached hydrogens (tertiary/aromatic N) is 4. The van der Waals surface area contributed by atoms with Crippen molar-refractivity contribution in [1.29, 1.82) is 0 Å². The van der Waals surface area contributed by atoms with Crippen LogP contribution in [0.5, 0.6) is 0 Å². The summed E-state index contributed by atoms with van der Waals surface area (Å²) in [5.74, 6) is 0.0149. The van der Waals surface area contributed by atoms with Gasteiger partial charge in [0.05, 0.1) is 18.1 Å². The molecule has 1 amide bonds. The topological polar surface area (TPSA) is 66.8 Å². The Morgan fingerprint density at radius 1 is 1.03 bits per heavy atom. The fourth-order valence-electron chi connectivity index (χ4n) is 4.48. The van der Waals surface area contributed by atoms with E-state index in [0.717, 1.165) is 41.8 Å². The number of nitrogens with one attached hydrogen (secondary N) is 1. The van der Waals surface area contributed by atoms with Crippen molar-refractivity contribution < 1.29 is 4.79 Å². The fraction of sp³-hybridized carbons (Fsp3) is 0.269. The third kappa shape index (κ3) is 3.62. The van der Waals surface area contributed by atoms with E-state index < -0.39 is 0 Å². The Morgan fingerprint density at radius 3 is 2.50 bits per heavy atom. The van der Waals surface area contributed by atoms with E-state index in [1.54, 1.807) is 6.20 Å². The molecule has 1 atom stereocenters. The first kappa shape index (κ1) is 20.2. The van der Waals surface area contributed by atoms with E-state index in [4.69, 9.17) is 0 Å². The molecule has 5 rings (SSSR count). The van der Waals surface area contributed by atoms with E-state index in [1.807, 2.05) is 22.0 Å². The largest absolute Gasteiger partial charge is 0.337 e. The summed E-state index contributed by atoms with van der Waals surface area (Å²) in [6.45, 7) is 5.71. The minimum absolute atomic E-state index is 0.0149. The molecule has 2 aromatic heterocycles. The minimum Gasteiger partial charge on any atom is -0.337 e. The molecular formula is C26H27N5O. The highest BCUT2D eigenvalue weighted by Crippen LogP contribution is 2.42. The van der Waals surface area contributed by atoms with Crippen molar-refractivity contribution in [3.05, 3.63) is 95.2 Å².